The maximum atomic E-state index is 13.4. The summed E-state index contributed by atoms with van der Waals surface area (Å²) in [7, 11) is 1.65. The number of benzene rings is 4. The number of amides is 1. The first-order valence-electron chi connectivity index (χ1n) is 12.3. The second-order valence-electron chi connectivity index (χ2n) is 8.54. The van der Waals surface area contributed by atoms with Gasteiger partial charge in [-0.05, 0) is 86.8 Å². The maximum Gasteiger partial charge on any atom is 0.326 e. The zero-order valence-electron chi connectivity index (χ0n) is 21.5. The van der Waals surface area contributed by atoms with Crippen LogP contribution < -0.4 is 14.4 Å². The van der Waals surface area contributed by atoms with Gasteiger partial charge in [-0.2, -0.15) is 0 Å². The van der Waals surface area contributed by atoms with Gasteiger partial charge >= 0.3 is 5.97 Å². The van der Waals surface area contributed by atoms with Crippen LogP contribution in [0.4, 0.5) is 5.69 Å². The molecule has 200 valence electrons. The van der Waals surface area contributed by atoms with Gasteiger partial charge in [-0.15, -0.1) is 0 Å². The summed E-state index contributed by atoms with van der Waals surface area (Å²) >= 11 is 7.19. The molecular weight excluding hydrogens is 626 g/mol. The Hall–Kier alpha value is -3.62. The zero-order chi connectivity index (χ0) is 27.8. The van der Waals surface area contributed by atoms with E-state index < -0.39 is 5.97 Å². The van der Waals surface area contributed by atoms with E-state index >= 15 is 0 Å². The Balaban J connectivity index is 1.64. The van der Waals surface area contributed by atoms with Crippen molar-refractivity contribution in [2.24, 2.45) is 0 Å². The lowest BCUT2D eigenvalue weighted by Crippen LogP contribution is -2.36. The van der Waals surface area contributed by atoms with E-state index in [9.17, 15) is 9.59 Å². The van der Waals surface area contributed by atoms with Gasteiger partial charge in [0.2, 0.25) is 0 Å². The van der Waals surface area contributed by atoms with Crippen LogP contribution >= 0.6 is 31.9 Å². The molecule has 0 atom stereocenters. The highest BCUT2D eigenvalue weighted by Crippen LogP contribution is 2.41. The van der Waals surface area contributed by atoms with Gasteiger partial charge in [-0.1, -0.05) is 48.5 Å². The number of hydrogen-bond donors (Lipinski definition) is 0. The molecule has 0 aliphatic rings. The Labute approximate surface area is 244 Å². The van der Waals surface area contributed by atoms with Gasteiger partial charge < -0.3 is 14.2 Å². The van der Waals surface area contributed by atoms with Crippen LogP contribution in [-0.4, -0.2) is 32.1 Å². The molecule has 0 saturated heterocycles. The highest BCUT2D eigenvalue weighted by atomic mass is 79.9. The minimum atomic E-state index is -0.501. The van der Waals surface area contributed by atoms with E-state index in [4.69, 9.17) is 14.2 Å². The van der Waals surface area contributed by atoms with Crippen molar-refractivity contribution in [2.75, 3.05) is 25.2 Å². The summed E-state index contributed by atoms with van der Waals surface area (Å²) in [6.45, 7) is 1.72. The summed E-state index contributed by atoms with van der Waals surface area (Å²) < 4.78 is 18.2. The third kappa shape index (κ3) is 7.28. The predicted molar refractivity (Wildman–Crippen MR) is 159 cm³/mol. The molecule has 0 heterocycles. The first kappa shape index (κ1) is 28.4. The molecule has 8 heteroatoms. The maximum absolute atomic E-state index is 13.4. The normalized spacial score (nSPS) is 10.6. The quantitative estimate of drug-likeness (QED) is 0.164. The number of carbonyl (C=O) groups is 2. The first-order chi connectivity index (χ1) is 18.9. The lowest BCUT2D eigenvalue weighted by Gasteiger charge is -2.23. The number of carbonyl (C=O) groups excluding carboxylic acids is 2. The molecule has 0 aliphatic heterocycles. The third-order valence-electron chi connectivity index (χ3n) is 5.86. The van der Waals surface area contributed by atoms with Crippen LogP contribution in [-0.2, 0) is 16.0 Å². The fourth-order valence-corrected chi connectivity index (χ4v) is 5.37. The lowest BCUT2D eigenvalue weighted by molar-refractivity contribution is -0.141. The highest BCUT2D eigenvalue weighted by Gasteiger charge is 2.24. The molecule has 0 unspecified atom stereocenters. The van der Waals surface area contributed by atoms with Crippen molar-refractivity contribution in [1.82, 2.24) is 0 Å². The summed E-state index contributed by atoms with van der Waals surface area (Å²) in [5.74, 6) is 1.10. The van der Waals surface area contributed by atoms with Crippen LogP contribution in [0, 0.1) is 0 Å². The van der Waals surface area contributed by atoms with Crippen LogP contribution in [0.15, 0.2) is 99.9 Å². The fraction of sp³-hybridized carbons (Fsp3) is 0.161. The Morgan fingerprint density at radius 2 is 1.49 bits per heavy atom. The van der Waals surface area contributed by atoms with E-state index in [0.29, 0.717) is 38.1 Å². The number of methoxy groups -OCH3 is 1. The van der Waals surface area contributed by atoms with Crippen molar-refractivity contribution in [3.8, 4) is 17.2 Å². The number of rotatable bonds is 10. The van der Waals surface area contributed by atoms with Crippen molar-refractivity contribution in [1.29, 1.82) is 0 Å². The number of esters is 1. The van der Waals surface area contributed by atoms with Gasteiger partial charge in [-0.3, -0.25) is 14.5 Å². The SMILES string of the molecule is CCOC(=O)CN(C(=O)c1ccccc1)c1cc(Br)c(Oc2ccc(OC)c(Cc3ccccc3)c2)c(Br)c1. The van der Waals surface area contributed by atoms with E-state index in [1.54, 1.807) is 50.4 Å². The second-order valence-corrected chi connectivity index (χ2v) is 10.2. The molecule has 0 spiro atoms. The van der Waals surface area contributed by atoms with Crippen LogP contribution in [0.5, 0.6) is 17.2 Å². The second kappa shape index (κ2) is 13.4. The Morgan fingerprint density at radius 3 is 2.10 bits per heavy atom. The van der Waals surface area contributed by atoms with E-state index in [0.717, 1.165) is 16.9 Å². The molecule has 4 rings (SSSR count). The van der Waals surface area contributed by atoms with Gasteiger partial charge in [0.15, 0.2) is 5.75 Å². The fourth-order valence-electron chi connectivity index (χ4n) is 4.04. The molecule has 0 saturated carbocycles. The van der Waals surface area contributed by atoms with Gasteiger partial charge in [-0.25, -0.2) is 0 Å². The van der Waals surface area contributed by atoms with Crippen LogP contribution in [0.3, 0.4) is 0 Å². The van der Waals surface area contributed by atoms with Gasteiger partial charge in [0, 0.05) is 23.2 Å². The molecule has 6 nitrogen and oxygen atoms in total. The smallest absolute Gasteiger partial charge is 0.326 e. The van der Waals surface area contributed by atoms with E-state index in [1.807, 2.05) is 42.5 Å². The third-order valence-corrected chi connectivity index (χ3v) is 7.04. The van der Waals surface area contributed by atoms with Crippen molar-refractivity contribution in [3.63, 3.8) is 0 Å². The molecule has 39 heavy (non-hydrogen) atoms. The number of nitrogens with zero attached hydrogens (tertiary/aromatic N) is 1. The molecule has 0 fully saturated rings. The van der Waals surface area contributed by atoms with Crippen molar-refractivity contribution in [3.05, 3.63) is 117 Å². The molecule has 0 aliphatic carbocycles. The van der Waals surface area contributed by atoms with Crippen molar-refractivity contribution in [2.45, 2.75) is 13.3 Å². The lowest BCUT2D eigenvalue weighted by atomic mass is 10.0. The monoisotopic (exact) mass is 651 g/mol. The number of hydrogen-bond acceptors (Lipinski definition) is 5. The van der Waals surface area contributed by atoms with Gasteiger partial charge in [0.1, 0.15) is 18.0 Å². The van der Waals surface area contributed by atoms with E-state index in [1.165, 1.54) is 4.90 Å². The predicted octanol–water partition coefficient (Wildman–Crippen LogP) is 7.81. The summed E-state index contributed by atoms with van der Waals surface area (Å²) in [4.78, 5) is 27.1. The molecule has 4 aromatic rings. The van der Waals surface area contributed by atoms with Crippen LogP contribution in [0.1, 0.15) is 28.4 Å². The Kier molecular flexibility index (Phi) is 9.79. The molecule has 0 N–H and O–H groups in total. The minimum Gasteiger partial charge on any atom is -0.496 e. The van der Waals surface area contributed by atoms with Crippen LogP contribution in [0.25, 0.3) is 0 Å². The summed E-state index contributed by atoms with van der Waals surface area (Å²) in [6.07, 6.45) is 0.687. The average Bonchev–Trinajstić information content (AvgIpc) is 2.94. The standard InChI is InChI=1S/C31H27Br2NO5/c1-3-38-29(35)20-34(31(36)22-12-8-5-9-13-22)24-18-26(32)30(27(33)19-24)39-25-14-15-28(37-2)23(17-25)16-21-10-6-4-7-11-21/h4-15,17-19H,3,16,20H2,1-2H3. The molecular formula is C31H27Br2NO5. The van der Waals surface area contributed by atoms with Gasteiger partial charge in [0.25, 0.3) is 5.91 Å². The number of halogens is 2. The zero-order valence-corrected chi connectivity index (χ0v) is 24.7. The molecule has 0 radical (unpaired) electrons. The molecule has 4 aromatic carbocycles. The number of ether oxygens (including phenoxy) is 3. The van der Waals surface area contributed by atoms with Gasteiger partial charge in [0.05, 0.1) is 22.7 Å². The Morgan fingerprint density at radius 1 is 0.846 bits per heavy atom. The summed E-state index contributed by atoms with van der Waals surface area (Å²) in [5, 5.41) is 0. The molecule has 0 aromatic heterocycles. The largest absolute Gasteiger partial charge is 0.496 e. The number of anilines is 1. The Bertz CT molecular complexity index is 1420. The summed E-state index contributed by atoms with van der Waals surface area (Å²) in [5.41, 5.74) is 3.10. The topological polar surface area (TPSA) is 65.1 Å². The van der Waals surface area contributed by atoms with Crippen molar-refractivity contribution < 1.29 is 23.8 Å². The summed E-state index contributed by atoms with van der Waals surface area (Å²) in [6, 6.07) is 28.1. The van der Waals surface area contributed by atoms with Crippen LogP contribution in [0.2, 0.25) is 0 Å². The average molecular weight is 653 g/mol. The van der Waals surface area contributed by atoms with Crippen molar-refractivity contribution >= 4 is 49.4 Å². The first-order valence-corrected chi connectivity index (χ1v) is 13.9. The molecule has 1 amide bonds. The molecule has 0 bridgehead atoms. The highest BCUT2D eigenvalue weighted by molar-refractivity contribution is 9.11. The van der Waals surface area contributed by atoms with E-state index in [-0.39, 0.29) is 19.1 Å². The minimum absolute atomic E-state index is 0.223. The van der Waals surface area contributed by atoms with E-state index in [2.05, 4.69) is 44.0 Å².